The van der Waals surface area contributed by atoms with Gasteiger partial charge in [0.05, 0.1) is 26.4 Å². The minimum absolute atomic E-state index is 0.138. The van der Waals surface area contributed by atoms with Crippen molar-refractivity contribution in [1.82, 2.24) is 15.2 Å². The van der Waals surface area contributed by atoms with Gasteiger partial charge in [-0.25, -0.2) is 9.59 Å². The number of nitrogens with zero attached hydrogens (tertiary/aromatic N) is 1. The summed E-state index contributed by atoms with van der Waals surface area (Å²) in [5.74, 6) is -4.63. The molecule has 2 aliphatic rings. The van der Waals surface area contributed by atoms with Crippen molar-refractivity contribution in [3.8, 4) is 5.75 Å². The first-order valence-electron chi connectivity index (χ1n) is 12.9. The van der Waals surface area contributed by atoms with Crippen LogP contribution in [-0.2, 0) is 25.6 Å². The number of rotatable bonds is 6. The molecule has 0 unspecified atom stereocenters. The lowest BCUT2D eigenvalue weighted by molar-refractivity contribution is -0.193. The molecule has 0 aliphatic carbocycles. The number of aliphatic carboxylic acids is 2. The number of H-pyrrole nitrogens is 1. The van der Waals surface area contributed by atoms with E-state index in [4.69, 9.17) is 34.0 Å². The van der Waals surface area contributed by atoms with Crippen LogP contribution in [0.2, 0.25) is 0 Å². The maximum Gasteiger partial charge on any atom is 0.490 e. The molecular weight excluding hydrogens is 580 g/mol. The number of alkyl halides is 6. The van der Waals surface area contributed by atoms with Gasteiger partial charge in [-0.3, -0.25) is 4.90 Å². The summed E-state index contributed by atoms with van der Waals surface area (Å²) in [7, 11) is 1.71. The van der Waals surface area contributed by atoms with Crippen LogP contribution in [0.5, 0.6) is 5.75 Å². The number of hydrogen-bond acceptors (Lipinski definition) is 7. The zero-order valence-electron chi connectivity index (χ0n) is 23.3. The Kier molecular flexibility index (Phi) is 12.4. The molecule has 3 heterocycles. The van der Waals surface area contributed by atoms with E-state index in [-0.39, 0.29) is 11.7 Å². The smallest absolute Gasteiger partial charge is 0.490 e. The van der Waals surface area contributed by atoms with Gasteiger partial charge in [0.15, 0.2) is 0 Å². The molecule has 1 spiro atoms. The molecule has 4 N–H and O–H groups in total. The third kappa shape index (κ3) is 10.6. The van der Waals surface area contributed by atoms with Crippen LogP contribution in [-0.4, -0.2) is 102 Å². The van der Waals surface area contributed by atoms with Crippen LogP contribution in [0.4, 0.5) is 26.3 Å². The fourth-order valence-corrected chi connectivity index (χ4v) is 4.44. The molecule has 0 radical (unpaired) electrons. The highest BCUT2D eigenvalue weighted by atomic mass is 19.4. The Balaban J connectivity index is 0.000000367. The monoisotopic (exact) mass is 615 g/mol. The van der Waals surface area contributed by atoms with Gasteiger partial charge in [-0.05, 0) is 50.5 Å². The van der Waals surface area contributed by atoms with E-state index in [1.807, 2.05) is 6.07 Å². The lowest BCUT2D eigenvalue weighted by Gasteiger charge is -2.34. The van der Waals surface area contributed by atoms with E-state index in [0.717, 1.165) is 63.5 Å². The third-order valence-corrected chi connectivity index (χ3v) is 6.60. The molecule has 4 rings (SSSR count). The van der Waals surface area contributed by atoms with E-state index < -0.39 is 24.3 Å². The predicted molar refractivity (Wildman–Crippen MR) is 138 cm³/mol. The molecule has 1 aromatic heterocycles. The van der Waals surface area contributed by atoms with E-state index in [2.05, 4.69) is 47.4 Å². The van der Waals surface area contributed by atoms with Gasteiger partial charge in [0.25, 0.3) is 0 Å². The number of carboxylic acid groups (broad SMARTS) is 2. The van der Waals surface area contributed by atoms with Crippen molar-refractivity contribution >= 4 is 22.8 Å². The first-order chi connectivity index (χ1) is 19.5. The summed E-state index contributed by atoms with van der Waals surface area (Å²) >= 11 is 0. The molecule has 238 valence electrons. The average molecular weight is 616 g/mol. The van der Waals surface area contributed by atoms with Crippen LogP contribution in [0.1, 0.15) is 32.3 Å². The Morgan fingerprint density at radius 3 is 2.33 bits per heavy atom. The molecule has 2 saturated heterocycles. The highest BCUT2D eigenvalue weighted by Gasteiger charge is 2.43. The number of nitrogens with one attached hydrogen (secondary N) is 2. The zero-order valence-corrected chi connectivity index (χ0v) is 23.3. The fourth-order valence-electron chi connectivity index (χ4n) is 4.44. The Bertz CT molecular complexity index is 1150. The van der Waals surface area contributed by atoms with Crippen molar-refractivity contribution in [2.75, 3.05) is 40.0 Å². The van der Waals surface area contributed by atoms with Crippen LogP contribution in [0.25, 0.3) is 10.9 Å². The standard InChI is InChI=1S/C22H33N3O3.2C2HF3O2/c1-16(2)25-8-9-27-15-22(14-25)7-6-19(28-22)13-23-11-17-12-24-21-5-4-18(26-3)10-20(17)21;2*3-2(4,5)1(6)7/h4-5,10,12,16,19,23-24H,6-9,11,13-15H2,1-3H3;2*(H,6,7)/t19-,22-;;/m1../s1. The summed E-state index contributed by atoms with van der Waals surface area (Å²) in [6.07, 6.45) is -5.68. The summed E-state index contributed by atoms with van der Waals surface area (Å²) in [4.78, 5) is 23.6. The van der Waals surface area contributed by atoms with Gasteiger partial charge in [0, 0.05) is 49.3 Å². The number of aromatic amines is 1. The van der Waals surface area contributed by atoms with E-state index >= 15 is 0 Å². The molecule has 2 atom stereocenters. The number of hydrogen-bond donors (Lipinski definition) is 4. The van der Waals surface area contributed by atoms with Gasteiger partial charge in [-0.15, -0.1) is 0 Å². The van der Waals surface area contributed by atoms with Crippen LogP contribution in [0.15, 0.2) is 24.4 Å². The van der Waals surface area contributed by atoms with Crippen LogP contribution >= 0.6 is 0 Å². The van der Waals surface area contributed by atoms with Crippen molar-refractivity contribution in [3.63, 3.8) is 0 Å². The highest BCUT2D eigenvalue weighted by Crippen LogP contribution is 2.33. The van der Waals surface area contributed by atoms with Gasteiger partial charge in [0.2, 0.25) is 0 Å². The molecule has 1 aromatic carbocycles. The quantitative estimate of drug-likeness (QED) is 0.353. The lowest BCUT2D eigenvalue weighted by Crippen LogP contribution is -2.47. The molecule has 0 amide bonds. The van der Waals surface area contributed by atoms with Crippen molar-refractivity contribution in [1.29, 1.82) is 0 Å². The van der Waals surface area contributed by atoms with E-state index in [9.17, 15) is 26.3 Å². The lowest BCUT2D eigenvalue weighted by atomic mass is 9.99. The zero-order chi connectivity index (χ0) is 31.7. The fraction of sp³-hybridized carbons (Fsp3) is 0.615. The average Bonchev–Trinajstić information content (AvgIpc) is 3.41. The summed E-state index contributed by atoms with van der Waals surface area (Å²) in [5.41, 5.74) is 2.25. The van der Waals surface area contributed by atoms with Gasteiger partial charge < -0.3 is 34.7 Å². The largest absolute Gasteiger partial charge is 0.497 e. The molecule has 0 bridgehead atoms. The number of fused-ring (bicyclic) bond motifs is 1. The molecule has 2 aliphatic heterocycles. The van der Waals surface area contributed by atoms with Gasteiger partial charge in [-0.1, -0.05) is 0 Å². The van der Waals surface area contributed by atoms with E-state index in [0.29, 0.717) is 6.04 Å². The second kappa shape index (κ2) is 14.9. The molecule has 2 fully saturated rings. The number of ether oxygens (including phenoxy) is 3. The number of methoxy groups -OCH3 is 1. The Morgan fingerprint density at radius 2 is 1.79 bits per heavy atom. The van der Waals surface area contributed by atoms with Crippen LogP contribution in [0.3, 0.4) is 0 Å². The Hall–Kier alpha value is -3.08. The van der Waals surface area contributed by atoms with Crippen LogP contribution < -0.4 is 10.1 Å². The minimum Gasteiger partial charge on any atom is -0.497 e. The van der Waals surface area contributed by atoms with E-state index in [1.54, 1.807) is 7.11 Å². The second-order valence-corrected chi connectivity index (χ2v) is 10.0. The number of halogens is 6. The first-order valence-corrected chi connectivity index (χ1v) is 12.9. The maximum atomic E-state index is 10.6. The number of carbonyl (C=O) groups is 2. The third-order valence-electron chi connectivity index (χ3n) is 6.60. The molecule has 10 nitrogen and oxygen atoms in total. The first kappa shape index (κ1) is 35.1. The molecular formula is C26H35F6N3O7. The van der Waals surface area contributed by atoms with Gasteiger partial charge >= 0.3 is 24.3 Å². The number of aromatic nitrogens is 1. The van der Waals surface area contributed by atoms with Gasteiger partial charge in [-0.2, -0.15) is 26.3 Å². The summed E-state index contributed by atoms with van der Waals surface area (Å²) in [6.45, 7) is 9.67. The maximum absolute atomic E-state index is 10.6. The summed E-state index contributed by atoms with van der Waals surface area (Å²) < 4.78 is 81.3. The molecule has 16 heteroatoms. The Morgan fingerprint density at radius 1 is 1.17 bits per heavy atom. The Labute approximate surface area is 237 Å². The van der Waals surface area contributed by atoms with Crippen molar-refractivity contribution in [2.45, 2.75) is 63.3 Å². The molecule has 0 saturated carbocycles. The SMILES string of the molecule is COc1ccc2[nH]cc(CNC[C@H]3CC[C@@]4(COCCN(C(C)C)C4)O3)c2c1.O=C(O)C(F)(F)F.O=C(O)C(F)(F)F. The number of benzene rings is 1. The summed E-state index contributed by atoms with van der Waals surface area (Å²) in [5, 5.41) is 19.0. The second-order valence-electron chi connectivity index (χ2n) is 10.0. The number of carboxylic acids is 2. The normalized spacial score (nSPS) is 21.3. The van der Waals surface area contributed by atoms with E-state index in [1.165, 1.54) is 10.9 Å². The summed E-state index contributed by atoms with van der Waals surface area (Å²) in [6, 6.07) is 6.66. The van der Waals surface area contributed by atoms with Crippen LogP contribution in [0, 0.1) is 0 Å². The highest BCUT2D eigenvalue weighted by molar-refractivity contribution is 5.84. The molecule has 42 heavy (non-hydrogen) atoms. The predicted octanol–water partition coefficient (Wildman–Crippen LogP) is 4.19. The van der Waals surface area contributed by atoms with Crippen molar-refractivity contribution < 1.29 is 60.4 Å². The minimum atomic E-state index is -5.08. The van der Waals surface area contributed by atoms with Crippen molar-refractivity contribution in [2.24, 2.45) is 0 Å². The van der Waals surface area contributed by atoms with Gasteiger partial charge in [0.1, 0.15) is 11.4 Å². The van der Waals surface area contributed by atoms with Crippen molar-refractivity contribution in [3.05, 3.63) is 30.0 Å². The topological polar surface area (TPSA) is 133 Å². The molecule has 2 aromatic rings.